The van der Waals surface area contributed by atoms with Crippen molar-refractivity contribution < 1.29 is 22.6 Å². The summed E-state index contributed by atoms with van der Waals surface area (Å²) in [6, 6.07) is 3.40. The van der Waals surface area contributed by atoms with Crippen molar-refractivity contribution in [3.8, 4) is 11.1 Å². The van der Waals surface area contributed by atoms with Crippen LogP contribution in [-0.4, -0.2) is 52.1 Å². The third-order valence-corrected chi connectivity index (χ3v) is 6.42. The first-order valence-corrected chi connectivity index (χ1v) is 11.4. The number of fused-ring (bicyclic) bond motifs is 1. The number of imidazole rings is 1. The zero-order chi connectivity index (χ0) is 26.4. The minimum Gasteiger partial charge on any atom is -0.483 e. The number of pyridine rings is 2. The van der Waals surface area contributed by atoms with Gasteiger partial charge in [0.05, 0.1) is 25.3 Å². The summed E-state index contributed by atoms with van der Waals surface area (Å²) < 4.78 is 55.7. The highest BCUT2D eigenvalue weighted by atomic mass is 19.4. The molecular formula is C25H28F3N5O3. The Labute approximate surface area is 206 Å². The highest BCUT2D eigenvalue weighted by Crippen LogP contribution is 2.37. The zero-order valence-corrected chi connectivity index (χ0v) is 20.9. The molecule has 1 aliphatic heterocycles. The lowest BCUT2D eigenvalue weighted by Crippen LogP contribution is -2.38. The van der Waals surface area contributed by atoms with Crippen LogP contribution in [-0.2, 0) is 29.1 Å². The van der Waals surface area contributed by atoms with Crippen LogP contribution in [0.25, 0.3) is 16.8 Å². The second-order valence-corrected chi connectivity index (χ2v) is 9.05. The lowest BCUT2D eigenvalue weighted by atomic mass is 9.99. The summed E-state index contributed by atoms with van der Waals surface area (Å²) in [5.74, 6) is 1.08. The molecule has 1 aliphatic rings. The maximum absolute atomic E-state index is 14.0. The Hall–Kier alpha value is -3.63. The largest absolute Gasteiger partial charge is 0.483 e. The average molecular weight is 504 g/mol. The molecule has 192 valence electrons. The number of hydrogen-bond donors (Lipinski definition) is 0. The van der Waals surface area contributed by atoms with E-state index >= 15 is 0 Å². The molecule has 4 heterocycles. The SMILES string of the molecule is COC1=N[C@H](C(C)C)C(OC)=N[C@H]1Cc1ccc(-c2c(C(F)(F)F)cc(C)n(C)c2=O)c2nccn12. The maximum atomic E-state index is 14.0. The van der Waals surface area contributed by atoms with Crippen LogP contribution in [0.2, 0.25) is 0 Å². The van der Waals surface area contributed by atoms with Crippen molar-refractivity contribution >= 4 is 17.4 Å². The van der Waals surface area contributed by atoms with Crippen LogP contribution in [0.15, 0.2) is 45.4 Å². The van der Waals surface area contributed by atoms with Crippen molar-refractivity contribution in [1.82, 2.24) is 14.0 Å². The summed E-state index contributed by atoms with van der Waals surface area (Å²) in [6.07, 6.45) is -1.25. The van der Waals surface area contributed by atoms with Gasteiger partial charge < -0.3 is 18.4 Å². The number of rotatable bonds is 4. The van der Waals surface area contributed by atoms with Gasteiger partial charge in [0, 0.05) is 42.8 Å². The summed E-state index contributed by atoms with van der Waals surface area (Å²) in [5, 5.41) is 0. The van der Waals surface area contributed by atoms with Gasteiger partial charge in [-0.25, -0.2) is 15.0 Å². The molecule has 0 N–H and O–H groups in total. The van der Waals surface area contributed by atoms with Crippen molar-refractivity contribution in [3.63, 3.8) is 0 Å². The van der Waals surface area contributed by atoms with Gasteiger partial charge in [-0.15, -0.1) is 0 Å². The predicted octanol–water partition coefficient (Wildman–Crippen LogP) is 4.07. The van der Waals surface area contributed by atoms with E-state index < -0.39 is 28.9 Å². The monoisotopic (exact) mass is 503 g/mol. The average Bonchev–Trinajstić information content (AvgIpc) is 3.32. The Balaban J connectivity index is 1.83. The summed E-state index contributed by atoms with van der Waals surface area (Å²) in [5.41, 5.74) is -0.910. The molecule has 4 rings (SSSR count). The third-order valence-electron chi connectivity index (χ3n) is 6.42. The van der Waals surface area contributed by atoms with Gasteiger partial charge in [0.25, 0.3) is 5.56 Å². The fourth-order valence-corrected chi connectivity index (χ4v) is 4.43. The summed E-state index contributed by atoms with van der Waals surface area (Å²) in [6.45, 7) is 5.48. The van der Waals surface area contributed by atoms with Gasteiger partial charge >= 0.3 is 6.18 Å². The van der Waals surface area contributed by atoms with Crippen molar-refractivity contribution in [1.29, 1.82) is 0 Å². The molecular weight excluding hydrogens is 475 g/mol. The van der Waals surface area contributed by atoms with Gasteiger partial charge in [-0.3, -0.25) is 4.79 Å². The Bertz CT molecular complexity index is 1420. The van der Waals surface area contributed by atoms with Crippen LogP contribution in [0, 0.1) is 12.8 Å². The molecule has 11 heteroatoms. The molecule has 0 aliphatic carbocycles. The number of aryl methyl sites for hydroxylation is 1. The lowest BCUT2D eigenvalue weighted by molar-refractivity contribution is -0.137. The van der Waals surface area contributed by atoms with Gasteiger partial charge in [0.1, 0.15) is 17.7 Å². The zero-order valence-electron chi connectivity index (χ0n) is 20.9. The quantitative estimate of drug-likeness (QED) is 0.538. The minimum atomic E-state index is -4.71. The molecule has 0 radical (unpaired) electrons. The van der Waals surface area contributed by atoms with Crippen molar-refractivity contribution in [3.05, 3.63) is 57.9 Å². The summed E-state index contributed by atoms with van der Waals surface area (Å²) in [4.78, 5) is 26.7. The molecule has 2 atom stereocenters. The van der Waals surface area contributed by atoms with Gasteiger partial charge in [-0.2, -0.15) is 13.2 Å². The van der Waals surface area contributed by atoms with E-state index in [0.717, 1.165) is 6.07 Å². The molecule has 0 amide bonds. The standard InChI is InChI=1S/C25H28F3N5O3/c1-13(2)20-23(36-6)30-18(22(31-20)35-5)12-15-7-8-16(21-29-9-10-33(15)21)19-17(25(26,27)28)11-14(3)32(4)24(19)34/h7-11,13,18,20H,12H2,1-6H3/t18-,20+/m0/s1. The Kier molecular flexibility index (Phi) is 6.68. The van der Waals surface area contributed by atoms with Crippen molar-refractivity contribution in [2.24, 2.45) is 23.0 Å². The molecule has 0 saturated heterocycles. The topological polar surface area (TPSA) is 82.5 Å². The van der Waals surface area contributed by atoms with Gasteiger partial charge in [-0.05, 0) is 31.0 Å². The molecule has 0 unspecified atom stereocenters. The minimum absolute atomic E-state index is 0.0990. The molecule has 36 heavy (non-hydrogen) atoms. The van der Waals surface area contributed by atoms with Crippen LogP contribution in [0.3, 0.4) is 0 Å². The third kappa shape index (κ3) is 4.38. The molecule has 3 aromatic heterocycles. The first-order valence-electron chi connectivity index (χ1n) is 11.4. The predicted molar refractivity (Wildman–Crippen MR) is 131 cm³/mol. The second kappa shape index (κ2) is 9.44. The Morgan fingerprint density at radius 2 is 1.81 bits per heavy atom. The fourth-order valence-electron chi connectivity index (χ4n) is 4.43. The van der Waals surface area contributed by atoms with Crippen LogP contribution < -0.4 is 5.56 Å². The summed E-state index contributed by atoms with van der Waals surface area (Å²) in [7, 11) is 4.52. The maximum Gasteiger partial charge on any atom is 0.417 e. The van der Waals surface area contributed by atoms with E-state index in [1.807, 2.05) is 13.8 Å². The Morgan fingerprint density at radius 3 is 2.42 bits per heavy atom. The number of aromatic nitrogens is 3. The van der Waals surface area contributed by atoms with Gasteiger partial charge in [0.15, 0.2) is 0 Å². The Morgan fingerprint density at radius 1 is 1.11 bits per heavy atom. The van der Waals surface area contributed by atoms with E-state index in [9.17, 15) is 18.0 Å². The molecule has 0 aromatic carbocycles. The number of methoxy groups -OCH3 is 2. The highest BCUT2D eigenvalue weighted by molar-refractivity contribution is 5.94. The molecule has 0 saturated carbocycles. The smallest absolute Gasteiger partial charge is 0.417 e. The molecule has 0 spiro atoms. The number of aliphatic imine (C=N–C) groups is 2. The number of nitrogens with zero attached hydrogens (tertiary/aromatic N) is 5. The van der Waals surface area contributed by atoms with Gasteiger partial charge in [0.2, 0.25) is 11.8 Å². The molecule has 0 bridgehead atoms. The van der Waals surface area contributed by atoms with E-state index in [0.29, 0.717) is 23.9 Å². The summed E-state index contributed by atoms with van der Waals surface area (Å²) >= 11 is 0. The number of halogens is 3. The first-order chi connectivity index (χ1) is 17.0. The van der Waals surface area contributed by atoms with Crippen LogP contribution in [0.1, 0.15) is 30.8 Å². The van der Waals surface area contributed by atoms with E-state index in [2.05, 4.69) is 9.98 Å². The number of alkyl halides is 3. The highest BCUT2D eigenvalue weighted by Gasteiger charge is 2.37. The normalized spacial score (nSPS) is 18.4. The van der Waals surface area contributed by atoms with E-state index in [4.69, 9.17) is 14.5 Å². The number of ether oxygens (including phenoxy) is 2. The van der Waals surface area contributed by atoms with E-state index in [-0.39, 0.29) is 28.9 Å². The van der Waals surface area contributed by atoms with E-state index in [1.54, 1.807) is 23.8 Å². The van der Waals surface area contributed by atoms with Crippen LogP contribution in [0.5, 0.6) is 0 Å². The van der Waals surface area contributed by atoms with Crippen LogP contribution in [0.4, 0.5) is 13.2 Å². The second-order valence-electron chi connectivity index (χ2n) is 9.05. The van der Waals surface area contributed by atoms with Crippen molar-refractivity contribution in [2.45, 2.75) is 45.5 Å². The number of hydrogen-bond acceptors (Lipinski definition) is 6. The lowest BCUT2D eigenvalue weighted by Gasteiger charge is -2.27. The fraction of sp³-hybridized carbons (Fsp3) is 0.440. The van der Waals surface area contributed by atoms with Gasteiger partial charge in [-0.1, -0.05) is 13.8 Å². The molecule has 8 nitrogen and oxygen atoms in total. The molecule has 3 aromatic rings. The van der Waals surface area contributed by atoms with Crippen LogP contribution >= 0.6 is 0 Å². The van der Waals surface area contributed by atoms with E-state index in [1.165, 1.54) is 37.9 Å². The van der Waals surface area contributed by atoms with Crippen molar-refractivity contribution in [2.75, 3.05) is 14.2 Å². The molecule has 0 fully saturated rings. The first kappa shape index (κ1) is 25.5.